The molecule has 1 fully saturated rings. The lowest BCUT2D eigenvalue weighted by Crippen LogP contribution is -2.27. The Bertz CT molecular complexity index is 609. The van der Waals surface area contributed by atoms with E-state index in [1.807, 2.05) is 6.07 Å². The maximum atomic E-state index is 6.37. The van der Waals surface area contributed by atoms with Crippen LogP contribution in [0, 0.1) is 0 Å². The zero-order chi connectivity index (χ0) is 15.7. The Morgan fingerprint density at radius 1 is 0.909 bits per heavy atom. The van der Waals surface area contributed by atoms with Crippen LogP contribution in [0.1, 0.15) is 30.4 Å². The van der Waals surface area contributed by atoms with E-state index in [4.69, 9.17) is 4.74 Å². The van der Waals surface area contributed by atoms with E-state index in [2.05, 4.69) is 86.4 Å². The molecule has 116 valence electrons. The van der Waals surface area contributed by atoms with Gasteiger partial charge in [-0.1, -0.05) is 42.5 Å². The van der Waals surface area contributed by atoms with E-state index in [-0.39, 0.29) is 12.3 Å². The van der Waals surface area contributed by atoms with Crippen molar-refractivity contribution >= 4 is 5.69 Å². The summed E-state index contributed by atoms with van der Waals surface area (Å²) in [5.41, 5.74) is 3.66. The summed E-state index contributed by atoms with van der Waals surface area (Å²) in [7, 11) is 6.25. The van der Waals surface area contributed by atoms with Crippen molar-refractivity contribution in [3.05, 3.63) is 65.7 Å². The molecule has 22 heavy (non-hydrogen) atoms. The molecule has 1 saturated heterocycles. The quantitative estimate of drug-likeness (QED) is 0.856. The molecule has 1 heterocycles. The summed E-state index contributed by atoms with van der Waals surface area (Å²) >= 11 is 0. The smallest absolute Gasteiger partial charge is 0.137 e. The van der Waals surface area contributed by atoms with Crippen molar-refractivity contribution in [1.82, 2.24) is 4.90 Å². The zero-order valence-electron chi connectivity index (χ0n) is 13.7. The molecule has 2 aromatic rings. The topological polar surface area (TPSA) is 15.7 Å². The highest BCUT2D eigenvalue weighted by molar-refractivity contribution is 5.46. The van der Waals surface area contributed by atoms with E-state index in [1.165, 1.54) is 16.8 Å². The molecular weight excluding hydrogens is 272 g/mol. The maximum Gasteiger partial charge on any atom is 0.137 e. The van der Waals surface area contributed by atoms with Gasteiger partial charge in [0.05, 0.1) is 0 Å². The summed E-state index contributed by atoms with van der Waals surface area (Å²) in [6, 6.07) is 19.5. The lowest BCUT2D eigenvalue weighted by atomic mass is 10.0. The summed E-state index contributed by atoms with van der Waals surface area (Å²) in [4.78, 5) is 4.42. The minimum Gasteiger partial charge on any atom is -0.378 e. The molecule has 0 saturated carbocycles. The molecule has 3 atom stereocenters. The van der Waals surface area contributed by atoms with Crippen molar-refractivity contribution in [1.29, 1.82) is 0 Å². The van der Waals surface area contributed by atoms with Gasteiger partial charge in [-0.3, -0.25) is 4.90 Å². The average Bonchev–Trinajstić information content (AvgIpc) is 2.84. The number of nitrogens with zero attached hydrogens (tertiary/aromatic N) is 2. The van der Waals surface area contributed by atoms with Gasteiger partial charge in [0.15, 0.2) is 0 Å². The Balaban J connectivity index is 1.83. The van der Waals surface area contributed by atoms with Crippen LogP contribution >= 0.6 is 0 Å². The van der Waals surface area contributed by atoms with Crippen molar-refractivity contribution in [2.75, 3.05) is 26.0 Å². The normalized spacial score (nSPS) is 25.4. The van der Waals surface area contributed by atoms with Crippen molar-refractivity contribution < 1.29 is 4.74 Å². The van der Waals surface area contributed by atoms with Crippen molar-refractivity contribution in [2.45, 2.75) is 25.3 Å². The van der Waals surface area contributed by atoms with Gasteiger partial charge < -0.3 is 9.64 Å². The molecule has 3 nitrogen and oxygen atoms in total. The Labute approximate surface area is 133 Å². The first-order valence-electron chi connectivity index (χ1n) is 7.77. The molecule has 0 aliphatic carbocycles. The Morgan fingerprint density at radius 3 is 2.14 bits per heavy atom. The largest absolute Gasteiger partial charge is 0.378 e. The fourth-order valence-corrected chi connectivity index (χ4v) is 3.03. The first-order valence-corrected chi connectivity index (χ1v) is 7.77. The molecule has 0 amide bonds. The molecule has 2 aromatic carbocycles. The van der Waals surface area contributed by atoms with Gasteiger partial charge in [0, 0.05) is 25.8 Å². The van der Waals surface area contributed by atoms with Crippen molar-refractivity contribution in [3.8, 4) is 0 Å². The Hall–Kier alpha value is -1.84. The van der Waals surface area contributed by atoms with Crippen LogP contribution < -0.4 is 4.90 Å². The van der Waals surface area contributed by atoms with Crippen LogP contribution in [0.4, 0.5) is 5.69 Å². The fourth-order valence-electron chi connectivity index (χ4n) is 3.03. The van der Waals surface area contributed by atoms with Gasteiger partial charge in [-0.25, -0.2) is 0 Å². The number of ether oxygens (including phenoxy) is 1. The Morgan fingerprint density at radius 2 is 1.55 bits per heavy atom. The number of benzene rings is 2. The standard InChI is InChI=1S/C19H24N2O/c1-14-18(15-8-6-5-7-9-15)22-19(21(14)4)16-10-12-17(13-11-16)20(2)3/h5-14,18-19H,1-4H3/t14-,18-,19+/m1/s1. The van der Waals surface area contributed by atoms with E-state index >= 15 is 0 Å². The molecule has 1 aliphatic rings. The molecule has 0 radical (unpaired) electrons. The summed E-state index contributed by atoms with van der Waals surface area (Å²) in [6.45, 7) is 2.23. The molecule has 0 N–H and O–H groups in total. The minimum absolute atomic E-state index is 0.0106. The van der Waals surface area contributed by atoms with Crippen LogP contribution in [-0.4, -0.2) is 32.1 Å². The van der Waals surface area contributed by atoms with Gasteiger partial charge in [-0.15, -0.1) is 0 Å². The van der Waals surface area contributed by atoms with Crippen LogP contribution in [0.2, 0.25) is 0 Å². The van der Waals surface area contributed by atoms with Crippen LogP contribution in [0.15, 0.2) is 54.6 Å². The molecule has 0 spiro atoms. The van der Waals surface area contributed by atoms with E-state index < -0.39 is 0 Å². The third kappa shape index (κ3) is 2.74. The van der Waals surface area contributed by atoms with Gasteiger partial charge in [0.25, 0.3) is 0 Å². The van der Waals surface area contributed by atoms with Crippen molar-refractivity contribution in [2.24, 2.45) is 0 Å². The second-order valence-corrected chi connectivity index (χ2v) is 6.21. The van der Waals surface area contributed by atoms with Crippen LogP contribution in [0.25, 0.3) is 0 Å². The van der Waals surface area contributed by atoms with Gasteiger partial charge in [-0.05, 0) is 37.2 Å². The minimum atomic E-state index is 0.0106. The third-order valence-electron chi connectivity index (χ3n) is 4.55. The monoisotopic (exact) mass is 296 g/mol. The number of hydrogen-bond donors (Lipinski definition) is 0. The second-order valence-electron chi connectivity index (χ2n) is 6.21. The zero-order valence-corrected chi connectivity index (χ0v) is 13.7. The van der Waals surface area contributed by atoms with Crippen LogP contribution in [-0.2, 0) is 4.74 Å². The Kier molecular flexibility index (Phi) is 4.19. The van der Waals surface area contributed by atoms with Gasteiger partial charge in [-0.2, -0.15) is 0 Å². The SMILES string of the molecule is C[C@@H]1[C@H](c2ccccc2)O[C@@H](c2ccc(N(C)C)cc2)N1C. The summed E-state index contributed by atoms with van der Waals surface area (Å²) < 4.78 is 6.37. The number of likely N-dealkylation sites (N-methyl/N-ethyl adjacent to an activating group) is 1. The first-order chi connectivity index (χ1) is 10.6. The number of hydrogen-bond acceptors (Lipinski definition) is 3. The van der Waals surface area contributed by atoms with E-state index in [0.717, 1.165) is 0 Å². The molecule has 0 unspecified atom stereocenters. The lowest BCUT2D eigenvalue weighted by Gasteiger charge is -2.22. The highest BCUT2D eigenvalue weighted by Crippen LogP contribution is 2.41. The molecule has 1 aliphatic heterocycles. The van der Waals surface area contributed by atoms with Crippen LogP contribution in [0.5, 0.6) is 0 Å². The molecule has 3 rings (SSSR count). The van der Waals surface area contributed by atoms with E-state index in [0.29, 0.717) is 6.04 Å². The summed E-state index contributed by atoms with van der Waals surface area (Å²) in [5, 5.41) is 0. The predicted octanol–water partition coefficient (Wildman–Crippen LogP) is 3.84. The van der Waals surface area contributed by atoms with Gasteiger partial charge >= 0.3 is 0 Å². The van der Waals surface area contributed by atoms with E-state index in [1.54, 1.807) is 0 Å². The molecular formula is C19H24N2O. The van der Waals surface area contributed by atoms with Gasteiger partial charge in [0.1, 0.15) is 12.3 Å². The highest BCUT2D eigenvalue weighted by atomic mass is 16.5. The number of rotatable bonds is 3. The molecule has 0 bridgehead atoms. The predicted molar refractivity (Wildman–Crippen MR) is 91.0 cm³/mol. The lowest BCUT2D eigenvalue weighted by molar-refractivity contribution is 0.00561. The van der Waals surface area contributed by atoms with Crippen molar-refractivity contribution in [3.63, 3.8) is 0 Å². The third-order valence-corrected chi connectivity index (χ3v) is 4.55. The number of anilines is 1. The molecule has 0 aromatic heterocycles. The van der Waals surface area contributed by atoms with E-state index in [9.17, 15) is 0 Å². The van der Waals surface area contributed by atoms with Gasteiger partial charge in [0.2, 0.25) is 0 Å². The van der Waals surface area contributed by atoms with Crippen LogP contribution in [0.3, 0.4) is 0 Å². The molecule has 3 heteroatoms. The second kappa shape index (κ2) is 6.11. The highest BCUT2D eigenvalue weighted by Gasteiger charge is 2.38. The fraction of sp³-hybridized carbons (Fsp3) is 0.368. The summed E-state index contributed by atoms with van der Waals surface area (Å²) in [6.07, 6.45) is 0.126. The summed E-state index contributed by atoms with van der Waals surface area (Å²) in [5.74, 6) is 0. The first kappa shape index (κ1) is 15.1. The average molecular weight is 296 g/mol. The maximum absolute atomic E-state index is 6.37.